The Morgan fingerprint density at radius 3 is 2.76 bits per heavy atom. The number of thiophene rings is 1. The molecule has 1 aromatic carbocycles. The van der Waals surface area contributed by atoms with E-state index in [0.29, 0.717) is 0 Å². The summed E-state index contributed by atoms with van der Waals surface area (Å²) in [5.74, 6) is 0.164. The Bertz CT molecular complexity index is 980. The van der Waals surface area contributed by atoms with E-state index in [9.17, 15) is 9.59 Å². The van der Waals surface area contributed by atoms with Crippen LogP contribution in [-0.4, -0.2) is 34.7 Å². The minimum atomic E-state index is -0.0205. The van der Waals surface area contributed by atoms with Crippen molar-refractivity contribution in [2.45, 2.75) is 26.3 Å². The molecule has 1 atom stereocenters. The first-order valence-electron chi connectivity index (χ1n) is 9.68. The SMILES string of the molecule is CC(=O)c1cc(CN2CCCC(C(=O)Nc3ccc(-c4cscn4)cc3)C2)cs1. The molecule has 150 valence electrons. The number of piperidine rings is 1. The van der Waals surface area contributed by atoms with Gasteiger partial charge in [-0.25, -0.2) is 4.98 Å². The molecule has 1 amide bonds. The summed E-state index contributed by atoms with van der Waals surface area (Å²) in [5.41, 5.74) is 5.79. The van der Waals surface area contributed by atoms with Crippen LogP contribution in [-0.2, 0) is 11.3 Å². The maximum absolute atomic E-state index is 12.8. The predicted octanol–water partition coefficient (Wildman–Crippen LogP) is 4.92. The first kappa shape index (κ1) is 19.9. The number of rotatable bonds is 6. The summed E-state index contributed by atoms with van der Waals surface area (Å²) in [5, 5.41) is 7.12. The first-order chi connectivity index (χ1) is 14.1. The van der Waals surface area contributed by atoms with Crippen LogP contribution < -0.4 is 5.32 Å². The van der Waals surface area contributed by atoms with Gasteiger partial charge in [-0.2, -0.15) is 0 Å². The topological polar surface area (TPSA) is 62.3 Å². The van der Waals surface area contributed by atoms with Crippen LogP contribution in [0.5, 0.6) is 0 Å². The van der Waals surface area contributed by atoms with Gasteiger partial charge in [0.1, 0.15) is 0 Å². The number of likely N-dealkylation sites (tertiary alicyclic amines) is 1. The molecule has 4 rings (SSSR count). The number of hydrogen-bond donors (Lipinski definition) is 1. The van der Waals surface area contributed by atoms with E-state index in [0.717, 1.165) is 59.9 Å². The number of nitrogens with one attached hydrogen (secondary N) is 1. The monoisotopic (exact) mass is 425 g/mol. The third-order valence-electron chi connectivity index (χ3n) is 5.16. The zero-order chi connectivity index (χ0) is 20.2. The number of hydrogen-bond acceptors (Lipinski definition) is 6. The Kier molecular flexibility index (Phi) is 6.18. The molecule has 2 aromatic heterocycles. The normalized spacial score (nSPS) is 17.2. The summed E-state index contributed by atoms with van der Waals surface area (Å²) in [6.45, 7) is 4.11. The summed E-state index contributed by atoms with van der Waals surface area (Å²) < 4.78 is 0. The predicted molar refractivity (Wildman–Crippen MR) is 119 cm³/mol. The van der Waals surface area contributed by atoms with Gasteiger partial charge < -0.3 is 5.32 Å². The van der Waals surface area contributed by atoms with E-state index in [1.165, 1.54) is 11.3 Å². The van der Waals surface area contributed by atoms with Crippen LogP contribution in [0.4, 0.5) is 5.69 Å². The van der Waals surface area contributed by atoms with E-state index >= 15 is 0 Å². The quantitative estimate of drug-likeness (QED) is 0.569. The molecule has 29 heavy (non-hydrogen) atoms. The molecule has 0 saturated carbocycles. The van der Waals surface area contributed by atoms with E-state index in [-0.39, 0.29) is 17.6 Å². The second-order valence-electron chi connectivity index (χ2n) is 7.39. The van der Waals surface area contributed by atoms with Crippen molar-refractivity contribution in [3.8, 4) is 11.3 Å². The highest BCUT2D eigenvalue weighted by molar-refractivity contribution is 7.12. The number of aromatic nitrogens is 1. The molecule has 3 heterocycles. The number of carbonyl (C=O) groups excluding carboxylic acids is 2. The maximum Gasteiger partial charge on any atom is 0.228 e. The van der Waals surface area contributed by atoms with Gasteiger partial charge >= 0.3 is 0 Å². The number of anilines is 1. The molecule has 5 nitrogen and oxygen atoms in total. The van der Waals surface area contributed by atoms with Crippen LogP contribution in [0.3, 0.4) is 0 Å². The molecule has 1 unspecified atom stereocenters. The highest BCUT2D eigenvalue weighted by atomic mass is 32.1. The Labute approximate surface area is 178 Å². The van der Waals surface area contributed by atoms with Gasteiger partial charge in [0.25, 0.3) is 0 Å². The molecule has 0 spiro atoms. The van der Waals surface area contributed by atoms with Crippen molar-refractivity contribution in [1.29, 1.82) is 0 Å². The number of nitrogens with zero attached hydrogens (tertiary/aromatic N) is 2. The Morgan fingerprint density at radius 1 is 1.24 bits per heavy atom. The smallest absolute Gasteiger partial charge is 0.228 e. The second kappa shape index (κ2) is 8.98. The minimum absolute atomic E-state index is 0.0205. The molecule has 0 aliphatic carbocycles. The van der Waals surface area contributed by atoms with Gasteiger partial charge in [-0.05, 0) is 55.5 Å². The van der Waals surface area contributed by atoms with Crippen LogP contribution >= 0.6 is 22.7 Å². The summed E-state index contributed by atoms with van der Waals surface area (Å²) in [6.07, 6.45) is 1.91. The third kappa shape index (κ3) is 4.98. The third-order valence-corrected chi connectivity index (χ3v) is 6.83. The largest absolute Gasteiger partial charge is 0.326 e. The highest BCUT2D eigenvalue weighted by Gasteiger charge is 2.26. The summed E-state index contributed by atoms with van der Waals surface area (Å²) in [4.78, 5) is 31.7. The van der Waals surface area contributed by atoms with Crippen molar-refractivity contribution in [3.63, 3.8) is 0 Å². The van der Waals surface area contributed by atoms with Crippen LogP contribution in [0, 0.1) is 5.92 Å². The first-order valence-corrected chi connectivity index (χ1v) is 11.5. The maximum atomic E-state index is 12.8. The van der Waals surface area contributed by atoms with Gasteiger partial charge in [-0.3, -0.25) is 14.5 Å². The number of amides is 1. The molecule has 0 radical (unpaired) electrons. The van der Waals surface area contributed by atoms with E-state index in [1.807, 2.05) is 46.6 Å². The summed E-state index contributed by atoms with van der Waals surface area (Å²) in [6, 6.07) is 9.81. The second-order valence-corrected chi connectivity index (χ2v) is 9.02. The molecule has 1 fully saturated rings. The van der Waals surface area contributed by atoms with Crippen LogP contribution in [0.15, 0.2) is 46.6 Å². The van der Waals surface area contributed by atoms with Gasteiger partial charge in [0.15, 0.2) is 5.78 Å². The van der Waals surface area contributed by atoms with Crippen LogP contribution in [0.1, 0.15) is 35.0 Å². The average Bonchev–Trinajstić information content (AvgIpc) is 3.41. The Hall–Kier alpha value is -2.35. The summed E-state index contributed by atoms with van der Waals surface area (Å²) >= 11 is 3.07. The fourth-order valence-corrected chi connectivity index (χ4v) is 5.01. The zero-order valence-corrected chi connectivity index (χ0v) is 17.9. The molecule has 1 saturated heterocycles. The van der Waals surface area contributed by atoms with Crippen molar-refractivity contribution < 1.29 is 9.59 Å². The highest BCUT2D eigenvalue weighted by Crippen LogP contribution is 2.24. The van der Waals surface area contributed by atoms with E-state index in [2.05, 4.69) is 15.2 Å². The lowest BCUT2D eigenvalue weighted by molar-refractivity contribution is -0.121. The van der Waals surface area contributed by atoms with Crippen molar-refractivity contribution in [1.82, 2.24) is 9.88 Å². The van der Waals surface area contributed by atoms with Crippen molar-refractivity contribution in [2.75, 3.05) is 18.4 Å². The zero-order valence-electron chi connectivity index (χ0n) is 16.3. The molecule has 1 N–H and O–H groups in total. The molecule has 0 bridgehead atoms. The number of Topliss-reactive ketones (excluding diaryl/α,β-unsaturated/α-hetero) is 1. The minimum Gasteiger partial charge on any atom is -0.326 e. The lowest BCUT2D eigenvalue weighted by Crippen LogP contribution is -2.40. The average molecular weight is 426 g/mol. The van der Waals surface area contributed by atoms with E-state index in [4.69, 9.17) is 0 Å². The van der Waals surface area contributed by atoms with Crippen LogP contribution in [0.25, 0.3) is 11.3 Å². The molecule has 1 aliphatic rings. The van der Waals surface area contributed by atoms with Crippen molar-refractivity contribution in [2.24, 2.45) is 5.92 Å². The molecule has 7 heteroatoms. The number of thiazole rings is 1. The van der Waals surface area contributed by atoms with Crippen molar-refractivity contribution >= 4 is 40.1 Å². The molecular weight excluding hydrogens is 402 g/mol. The van der Waals surface area contributed by atoms with Gasteiger partial charge in [-0.1, -0.05) is 12.1 Å². The van der Waals surface area contributed by atoms with E-state index in [1.54, 1.807) is 18.3 Å². The Balaban J connectivity index is 1.34. The number of benzene rings is 1. The van der Waals surface area contributed by atoms with E-state index < -0.39 is 0 Å². The number of carbonyl (C=O) groups is 2. The van der Waals surface area contributed by atoms with Gasteiger partial charge in [-0.15, -0.1) is 22.7 Å². The lowest BCUT2D eigenvalue weighted by atomic mass is 9.96. The Morgan fingerprint density at radius 2 is 2.07 bits per heavy atom. The molecule has 3 aromatic rings. The standard InChI is InChI=1S/C22H23N3O2S2/c1-15(26)21-9-16(12-29-21)10-25-8-2-3-18(11-25)22(27)24-19-6-4-17(5-7-19)20-13-28-14-23-20/h4-7,9,12-14,18H,2-3,8,10-11H2,1H3,(H,24,27). The van der Waals surface area contributed by atoms with Gasteiger partial charge in [0, 0.05) is 29.7 Å². The van der Waals surface area contributed by atoms with Crippen molar-refractivity contribution in [3.05, 3.63) is 57.0 Å². The number of ketones is 1. The molecule has 1 aliphatic heterocycles. The fourth-order valence-electron chi connectivity index (χ4n) is 3.64. The fraction of sp³-hybridized carbons (Fsp3) is 0.318. The molecular formula is C22H23N3O2S2. The lowest BCUT2D eigenvalue weighted by Gasteiger charge is -2.31. The van der Waals surface area contributed by atoms with Gasteiger partial charge in [0.2, 0.25) is 5.91 Å². The van der Waals surface area contributed by atoms with Gasteiger partial charge in [0.05, 0.1) is 22.0 Å². The van der Waals surface area contributed by atoms with Crippen LogP contribution in [0.2, 0.25) is 0 Å². The summed E-state index contributed by atoms with van der Waals surface area (Å²) in [7, 11) is 0.